The lowest BCUT2D eigenvalue weighted by molar-refractivity contribution is 0.246. The molecule has 110 valence electrons. The fourth-order valence-electron chi connectivity index (χ4n) is 2.65. The quantitative estimate of drug-likeness (QED) is 0.817. The molecule has 1 aliphatic carbocycles. The molecule has 0 radical (unpaired) electrons. The molecular formula is C18H21FN2. The number of anilines is 1. The lowest BCUT2D eigenvalue weighted by Gasteiger charge is -2.22. The predicted molar refractivity (Wildman–Crippen MR) is 84.1 cm³/mol. The molecule has 2 aromatic rings. The number of nitrogen functional groups attached to an aromatic ring is 1. The molecule has 0 bridgehead atoms. The van der Waals surface area contributed by atoms with E-state index in [1.165, 1.54) is 30.5 Å². The van der Waals surface area contributed by atoms with Crippen molar-refractivity contribution in [1.82, 2.24) is 4.90 Å². The van der Waals surface area contributed by atoms with Gasteiger partial charge in [0.05, 0.1) is 0 Å². The van der Waals surface area contributed by atoms with Crippen molar-refractivity contribution in [2.45, 2.75) is 25.9 Å². The van der Waals surface area contributed by atoms with Crippen LogP contribution in [-0.2, 0) is 13.1 Å². The summed E-state index contributed by atoms with van der Waals surface area (Å²) in [6.07, 6.45) is 2.66. The summed E-state index contributed by atoms with van der Waals surface area (Å²) >= 11 is 0. The lowest BCUT2D eigenvalue weighted by Crippen LogP contribution is -2.25. The highest BCUT2D eigenvalue weighted by molar-refractivity contribution is 5.40. The number of nitrogens with two attached hydrogens (primary N) is 1. The van der Waals surface area contributed by atoms with E-state index in [2.05, 4.69) is 11.0 Å². The van der Waals surface area contributed by atoms with Crippen LogP contribution in [0, 0.1) is 11.7 Å². The monoisotopic (exact) mass is 284 g/mol. The summed E-state index contributed by atoms with van der Waals surface area (Å²) in [5.41, 5.74) is 9.05. The van der Waals surface area contributed by atoms with E-state index >= 15 is 0 Å². The van der Waals surface area contributed by atoms with Gasteiger partial charge in [0, 0.05) is 25.3 Å². The van der Waals surface area contributed by atoms with Crippen LogP contribution in [0.25, 0.3) is 0 Å². The van der Waals surface area contributed by atoms with Crippen LogP contribution < -0.4 is 5.73 Å². The van der Waals surface area contributed by atoms with Crippen molar-refractivity contribution < 1.29 is 4.39 Å². The van der Waals surface area contributed by atoms with Crippen molar-refractivity contribution in [2.75, 3.05) is 12.3 Å². The van der Waals surface area contributed by atoms with Crippen molar-refractivity contribution >= 4 is 5.69 Å². The topological polar surface area (TPSA) is 29.3 Å². The standard InChI is InChI=1S/C18H21FN2/c19-17-8-6-15(7-9-17)12-21(11-14-4-5-14)13-16-2-1-3-18(20)10-16/h1-3,6-10,14H,4-5,11-13,20H2. The van der Waals surface area contributed by atoms with Gasteiger partial charge in [-0.2, -0.15) is 0 Å². The van der Waals surface area contributed by atoms with E-state index in [-0.39, 0.29) is 5.82 Å². The summed E-state index contributed by atoms with van der Waals surface area (Å²) in [6.45, 7) is 2.84. The lowest BCUT2D eigenvalue weighted by atomic mass is 10.1. The molecule has 1 saturated carbocycles. The predicted octanol–water partition coefficient (Wildman–Crippen LogP) is 3.82. The summed E-state index contributed by atoms with van der Waals surface area (Å²) in [6, 6.07) is 14.9. The van der Waals surface area contributed by atoms with Gasteiger partial charge in [-0.3, -0.25) is 4.90 Å². The van der Waals surface area contributed by atoms with Crippen molar-refractivity contribution in [3.8, 4) is 0 Å². The Kier molecular flexibility index (Phi) is 4.20. The van der Waals surface area contributed by atoms with E-state index in [4.69, 9.17) is 5.73 Å². The molecule has 1 fully saturated rings. The number of halogens is 1. The Morgan fingerprint density at radius 2 is 1.71 bits per heavy atom. The highest BCUT2D eigenvalue weighted by Crippen LogP contribution is 2.30. The number of rotatable bonds is 6. The van der Waals surface area contributed by atoms with Gasteiger partial charge in [-0.1, -0.05) is 24.3 Å². The average molecular weight is 284 g/mol. The maximum atomic E-state index is 13.0. The Balaban J connectivity index is 1.69. The first-order chi connectivity index (χ1) is 10.2. The third kappa shape index (κ3) is 4.30. The Morgan fingerprint density at radius 1 is 1.00 bits per heavy atom. The maximum absolute atomic E-state index is 13.0. The summed E-state index contributed by atoms with van der Waals surface area (Å²) in [5, 5.41) is 0. The Morgan fingerprint density at radius 3 is 2.38 bits per heavy atom. The van der Waals surface area contributed by atoms with Gasteiger partial charge in [0.2, 0.25) is 0 Å². The fraction of sp³-hybridized carbons (Fsp3) is 0.333. The minimum atomic E-state index is -0.177. The third-order valence-corrected chi connectivity index (χ3v) is 3.89. The molecule has 0 spiro atoms. The van der Waals surface area contributed by atoms with E-state index in [0.29, 0.717) is 0 Å². The van der Waals surface area contributed by atoms with Crippen LogP contribution in [0.4, 0.5) is 10.1 Å². The van der Waals surface area contributed by atoms with Gasteiger partial charge in [-0.15, -0.1) is 0 Å². The summed E-state index contributed by atoms with van der Waals surface area (Å²) < 4.78 is 13.0. The zero-order chi connectivity index (χ0) is 14.7. The van der Waals surface area contributed by atoms with Gasteiger partial charge in [0.25, 0.3) is 0 Å². The highest BCUT2D eigenvalue weighted by Gasteiger charge is 2.24. The van der Waals surface area contributed by atoms with Crippen molar-refractivity contribution in [1.29, 1.82) is 0 Å². The minimum absolute atomic E-state index is 0.177. The normalized spacial score (nSPS) is 14.6. The van der Waals surface area contributed by atoms with E-state index < -0.39 is 0 Å². The van der Waals surface area contributed by atoms with Crippen LogP contribution in [0.1, 0.15) is 24.0 Å². The van der Waals surface area contributed by atoms with E-state index in [0.717, 1.165) is 36.8 Å². The average Bonchev–Trinajstić information content (AvgIpc) is 3.25. The largest absolute Gasteiger partial charge is 0.399 e. The molecule has 2 nitrogen and oxygen atoms in total. The first-order valence-electron chi connectivity index (χ1n) is 7.50. The van der Waals surface area contributed by atoms with Crippen LogP contribution in [-0.4, -0.2) is 11.4 Å². The number of hydrogen-bond acceptors (Lipinski definition) is 2. The second kappa shape index (κ2) is 6.27. The van der Waals surface area contributed by atoms with Crippen molar-refractivity contribution in [2.24, 2.45) is 5.92 Å². The van der Waals surface area contributed by atoms with Crippen LogP contribution >= 0.6 is 0 Å². The molecule has 0 saturated heterocycles. The Labute approximate surface area is 125 Å². The molecule has 0 unspecified atom stereocenters. The first kappa shape index (κ1) is 14.1. The number of nitrogens with zero attached hydrogens (tertiary/aromatic N) is 1. The molecule has 3 rings (SSSR count). The summed E-state index contributed by atoms with van der Waals surface area (Å²) in [5.74, 6) is 0.648. The second-order valence-corrected chi connectivity index (χ2v) is 5.98. The third-order valence-electron chi connectivity index (χ3n) is 3.89. The van der Waals surface area contributed by atoms with Gasteiger partial charge in [-0.25, -0.2) is 4.39 Å². The van der Waals surface area contributed by atoms with Gasteiger partial charge in [0.1, 0.15) is 5.82 Å². The first-order valence-corrected chi connectivity index (χ1v) is 7.50. The molecular weight excluding hydrogens is 263 g/mol. The molecule has 0 heterocycles. The number of hydrogen-bond donors (Lipinski definition) is 1. The SMILES string of the molecule is Nc1cccc(CN(Cc2ccc(F)cc2)CC2CC2)c1. The zero-order valence-corrected chi connectivity index (χ0v) is 12.1. The molecule has 1 aliphatic rings. The van der Waals surface area contributed by atoms with Crippen molar-refractivity contribution in [3.05, 3.63) is 65.5 Å². The van der Waals surface area contributed by atoms with Gasteiger partial charge in [0.15, 0.2) is 0 Å². The zero-order valence-electron chi connectivity index (χ0n) is 12.1. The van der Waals surface area contributed by atoms with Crippen LogP contribution in [0.3, 0.4) is 0 Å². The minimum Gasteiger partial charge on any atom is -0.399 e. The molecule has 0 aromatic heterocycles. The van der Waals surface area contributed by atoms with E-state index in [1.54, 1.807) is 0 Å². The van der Waals surface area contributed by atoms with Crippen LogP contribution in [0.2, 0.25) is 0 Å². The van der Waals surface area contributed by atoms with Gasteiger partial charge >= 0.3 is 0 Å². The summed E-state index contributed by atoms with van der Waals surface area (Å²) in [7, 11) is 0. The maximum Gasteiger partial charge on any atom is 0.123 e. The smallest absolute Gasteiger partial charge is 0.123 e. The van der Waals surface area contributed by atoms with Crippen molar-refractivity contribution in [3.63, 3.8) is 0 Å². The number of benzene rings is 2. The Hall–Kier alpha value is -1.87. The Bertz CT molecular complexity index is 590. The molecule has 0 atom stereocenters. The van der Waals surface area contributed by atoms with Crippen LogP contribution in [0.15, 0.2) is 48.5 Å². The summed E-state index contributed by atoms with van der Waals surface area (Å²) in [4.78, 5) is 2.43. The molecule has 2 N–H and O–H groups in total. The molecule has 0 amide bonds. The van der Waals surface area contributed by atoms with Gasteiger partial charge in [-0.05, 0) is 54.2 Å². The molecule has 3 heteroatoms. The van der Waals surface area contributed by atoms with Crippen LogP contribution in [0.5, 0.6) is 0 Å². The van der Waals surface area contributed by atoms with E-state index in [1.807, 2.05) is 30.3 Å². The molecule has 2 aromatic carbocycles. The molecule has 0 aliphatic heterocycles. The van der Waals surface area contributed by atoms with Gasteiger partial charge < -0.3 is 5.73 Å². The fourth-order valence-corrected chi connectivity index (χ4v) is 2.65. The van der Waals surface area contributed by atoms with E-state index in [9.17, 15) is 4.39 Å². The highest BCUT2D eigenvalue weighted by atomic mass is 19.1. The molecule has 21 heavy (non-hydrogen) atoms. The second-order valence-electron chi connectivity index (χ2n) is 5.98.